The Morgan fingerprint density at radius 2 is 1.15 bits per heavy atom. The number of hydrogen-bond acceptors (Lipinski definition) is 16. The minimum Gasteiger partial charge on any atom is -0.493 e. The van der Waals surface area contributed by atoms with Crippen molar-refractivity contribution in [2.75, 3.05) is 40.6 Å². The van der Waals surface area contributed by atoms with Crippen molar-refractivity contribution in [1.82, 2.24) is 0 Å². The summed E-state index contributed by atoms with van der Waals surface area (Å²) in [6.07, 6.45) is -14.5. The number of aliphatic hydroxyl groups is 9. The van der Waals surface area contributed by atoms with Gasteiger partial charge in [-0.3, -0.25) is 0 Å². The van der Waals surface area contributed by atoms with Gasteiger partial charge < -0.3 is 79.1 Å². The lowest BCUT2D eigenvalue weighted by Crippen LogP contribution is -2.60. The van der Waals surface area contributed by atoms with E-state index in [1.807, 2.05) is 0 Å². The van der Waals surface area contributed by atoms with Crippen LogP contribution in [-0.4, -0.2) is 148 Å². The smallest absolute Gasteiger partial charge is 0.229 e. The zero-order chi connectivity index (χ0) is 34.7. The van der Waals surface area contributed by atoms with Crippen LogP contribution in [0.3, 0.4) is 0 Å². The highest BCUT2D eigenvalue weighted by molar-refractivity contribution is 5.45. The van der Waals surface area contributed by atoms with Crippen molar-refractivity contribution in [3.8, 4) is 23.0 Å². The SMILES string of the molecule is COc1cc(C[C@H]2CO[C@H](c3ccc(O[C@@H]4O[C@H](CO)[C@@H](O)[C@H](O)[C@H]4O)c(OC)c3)[C@H]2CO)ccc1O[C@@H]1O[C@H](CO)[C@@H](O)[C@H](O)[C@H]1O. The molecule has 0 bridgehead atoms. The van der Waals surface area contributed by atoms with E-state index in [0.717, 1.165) is 5.56 Å². The molecule has 3 heterocycles. The van der Waals surface area contributed by atoms with Gasteiger partial charge in [0.15, 0.2) is 23.0 Å². The molecule has 3 aliphatic heterocycles. The number of hydrogen-bond donors (Lipinski definition) is 9. The summed E-state index contributed by atoms with van der Waals surface area (Å²) in [5.74, 6) is 0.496. The van der Waals surface area contributed by atoms with Gasteiger partial charge >= 0.3 is 0 Å². The van der Waals surface area contributed by atoms with Gasteiger partial charge in [0.2, 0.25) is 12.6 Å². The van der Waals surface area contributed by atoms with Crippen LogP contribution in [0.1, 0.15) is 17.2 Å². The summed E-state index contributed by atoms with van der Waals surface area (Å²) in [5.41, 5.74) is 1.52. The number of methoxy groups -OCH3 is 2. The van der Waals surface area contributed by atoms with Crippen LogP contribution in [0.4, 0.5) is 0 Å². The van der Waals surface area contributed by atoms with Gasteiger partial charge in [0.25, 0.3) is 0 Å². The molecule has 3 saturated heterocycles. The van der Waals surface area contributed by atoms with Crippen LogP contribution in [-0.2, 0) is 20.6 Å². The molecular weight excluding hydrogens is 640 g/mol. The number of rotatable bonds is 12. The van der Waals surface area contributed by atoms with E-state index >= 15 is 0 Å². The number of aliphatic hydroxyl groups excluding tert-OH is 9. The van der Waals surface area contributed by atoms with E-state index in [9.17, 15) is 46.0 Å². The van der Waals surface area contributed by atoms with Gasteiger partial charge in [-0.05, 0) is 47.7 Å². The fraction of sp³-hybridized carbons (Fsp3) is 0.625. The summed E-state index contributed by atoms with van der Waals surface area (Å²) in [6.45, 7) is -1.05. The van der Waals surface area contributed by atoms with Crippen LogP contribution in [0.25, 0.3) is 0 Å². The van der Waals surface area contributed by atoms with Crippen LogP contribution in [0.2, 0.25) is 0 Å². The maximum Gasteiger partial charge on any atom is 0.229 e. The summed E-state index contributed by atoms with van der Waals surface area (Å²) < 4.78 is 39.6. The van der Waals surface area contributed by atoms with E-state index < -0.39 is 80.7 Å². The van der Waals surface area contributed by atoms with Crippen molar-refractivity contribution in [2.24, 2.45) is 11.8 Å². The van der Waals surface area contributed by atoms with Crippen LogP contribution in [0.15, 0.2) is 36.4 Å². The Balaban J connectivity index is 1.26. The Labute approximate surface area is 276 Å². The van der Waals surface area contributed by atoms with Gasteiger partial charge in [-0.2, -0.15) is 0 Å². The lowest BCUT2D eigenvalue weighted by atomic mass is 9.84. The van der Waals surface area contributed by atoms with Crippen molar-refractivity contribution in [2.45, 2.75) is 73.9 Å². The molecule has 0 aliphatic carbocycles. The van der Waals surface area contributed by atoms with Crippen LogP contribution >= 0.6 is 0 Å². The average molecular weight is 685 g/mol. The lowest BCUT2D eigenvalue weighted by molar-refractivity contribution is -0.277. The second kappa shape index (κ2) is 15.8. The predicted molar refractivity (Wildman–Crippen MR) is 161 cm³/mol. The van der Waals surface area contributed by atoms with Gasteiger partial charge in [-0.25, -0.2) is 0 Å². The molecule has 13 atom stereocenters. The maximum absolute atomic E-state index is 10.4. The molecule has 0 saturated carbocycles. The predicted octanol–water partition coefficient (Wildman–Crippen LogP) is -2.40. The summed E-state index contributed by atoms with van der Waals surface area (Å²) in [5, 5.41) is 90.4. The molecule has 16 heteroatoms. The number of benzene rings is 2. The summed E-state index contributed by atoms with van der Waals surface area (Å²) in [4.78, 5) is 0. The minimum absolute atomic E-state index is 0.113. The van der Waals surface area contributed by atoms with Crippen LogP contribution in [0, 0.1) is 11.8 Å². The Hall–Kier alpha value is -2.84. The highest BCUT2D eigenvalue weighted by Gasteiger charge is 2.46. The molecule has 2 aromatic rings. The molecule has 0 spiro atoms. The minimum atomic E-state index is -1.61. The first kappa shape index (κ1) is 36.4. The molecule has 3 fully saturated rings. The molecule has 0 amide bonds. The van der Waals surface area contributed by atoms with Gasteiger partial charge in [0.05, 0.1) is 40.1 Å². The Bertz CT molecular complexity index is 1340. The molecule has 5 rings (SSSR count). The largest absolute Gasteiger partial charge is 0.493 e. The second-order valence-electron chi connectivity index (χ2n) is 12.1. The Morgan fingerprint density at radius 3 is 1.65 bits per heavy atom. The molecule has 0 aromatic heterocycles. The average Bonchev–Trinajstić information content (AvgIpc) is 3.51. The fourth-order valence-corrected chi connectivity index (χ4v) is 6.30. The standard InChI is InChI=1S/C32H44O16/c1-42-20-8-14(3-5-18(20)45-31-28(40)26(38)24(36)22(11-34)47-31)7-16-13-44-30(17(16)10-33)15-4-6-19(21(9-15)43-2)46-32-29(41)27(39)25(37)23(12-35)48-32/h3-6,8-9,16-17,22-41H,7,10-13H2,1-2H3/t16-,17-,22+,23+,24+,25+,26-,27-,28+,29+,30+,31+,32+/m0/s1. The van der Waals surface area contributed by atoms with E-state index in [1.54, 1.807) is 36.4 Å². The third kappa shape index (κ3) is 7.35. The van der Waals surface area contributed by atoms with E-state index in [-0.39, 0.29) is 35.7 Å². The van der Waals surface area contributed by atoms with Crippen molar-refractivity contribution in [3.63, 3.8) is 0 Å². The lowest BCUT2D eigenvalue weighted by Gasteiger charge is -2.39. The summed E-state index contributed by atoms with van der Waals surface area (Å²) in [7, 11) is 2.85. The Morgan fingerprint density at radius 1 is 0.625 bits per heavy atom. The zero-order valence-corrected chi connectivity index (χ0v) is 26.4. The maximum atomic E-state index is 10.4. The molecule has 48 heavy (non-hydrogen) atoms. The van der Waals surface area contributed by atoms with Crippen molar-refractivity contribution >= 4 is 0 Å². The zero-order valence-electron chi connectivity index (χ0n) is 26.4. The molecule has 0 unspecified atom stereocenters. The van der Waals surface area contributed by atoms with E-state index in [1.165, 1.54) is 14.2 Å². The first-order valence-corrected chi connectivity index (χ1v) is 15.6. The van der Waals surface area contributed by atoms with Gasteiger partial charge in [-0.1, -0.05) is 12.1 Å². The van der Waals surface area contributed by atoms with Gasteiger partial charge in [-0.15, -0.1) is 0 Å². The van der Waals surface area contributed by atoms with Crippen molar-refractivity contribution in [3.05, 3.63) is 47.5 Å². The molecule has 0 radical (unpaired) electrons. The summed E-state index contributed by atoms with van der Waals surface area (Å²) in [6, 6.07) is 10.1. The third-order valence-electron chi connectivity index (χ3n) is 9.12. The van der Waals surface area contributed by atoms with Crippen molar-refractivity contribution < 1.29 is 79.1 Å². The normalized spacial score (nSPS) is 36.9. The molecule has 9 N–H and O–H groups in total. The van der Waals surface area contributed by atoms with Crippen LogP contribution in [0.5, 0.6) is 23.0 Å². The van der Waals surface area contributed by atoms with E-state index in [2.05, 4.69) is 0 Å². The van der Waals surface area contributed by atoms with Crippen LogP contribution < -0.4 is 18.9 Å². The van der Waals surface area contributed by atoms with Crippen molar-refractivity contribution in [1.29, 1.82) is 0 Å². The monoisotopic (exact) mass is 684 g/mol. The Kier molecular flexibility index (Phi) is 12.0. The highest BCUT2D eigenvalue weighted by atomic mass is 16.7. The molecule has 2 aromatic carbocycles. The quantitative estimate of drug-likeness (QED) is 0.113. The molecule has 3 aliphatic rings. The molecule has 268 valence electrons. The van der Waals surface area contributed by atoms with Gasteiger partial charge in [0.1, 0.15) is 48.8 Å². The highest BCUT2D eigenvalue weighted by Crippen LogP contribution is 2.43. The molecular formula is C32H44O16. The van der Waals surface area contributed by atoms with Gasteiger partial charge in [0, 0.05) is 12.5 Å². The van der Waals surface area contributed by atoms with E-state index in [4.69, 9.17) is 33.2 Å². The molecule has 16 nitrogen and oxygen atoms in total. The van der Waals surface area contributed by atoms with E-state index in [0.29, 0.717) is 24.3 Å². The third-order valence-corrected chi connectivity index (χ3v) is 9.12. The number of ether oxygens (including phenoxy) is 7. The topological polar surface area (TPSA) is 247 Å². The second-order valence-corrected chi connectivity index (χ2v) is 12.1. The fourth-order valence-electron chi connectivity index (χ4n) is 6.30. The first-order valence-electron chi connectivity index (χ1n) is 15.6. The summed E-state index contributed by atoms with van der Waals surface area (Å²) >= 11 is 0. The first-order chi connectivity index (χ1) is 23.0.